The molecule has 0 saturated carbocycles. The van der Waals surface area contributed by atoms with Gasteiger partial charge in [-0.15, -0.1) is 11.3 Å². The van der Waals surface area contributed by atoms with Crippen LogP contribution in [0.4, 0.5) is 5.69 Å². The van der Waals surface area contributed by atoms with Crippen LogP contribution in [0.3, 0.4) is 0 Å². The molecule has 1 aromatic carbocycles. The molecular weight excluding hydrogens is 264 g/mol. The van der Waals surface area contributed by atoms with E-state index in [1.165, 1.54) is 4.88 Å². The maximum Gasteiger partial charge on any atom is 0.106 e. The lowest BCUT2D eigenvalue weighted by Gasteiger charge is -2.06. The van der Waals surface area contributed by atoms with E-state index in [9.17, 15) is 4.21 Å². The number of benzene rings is 1. The lowest BCUT2D eigenvalue weighted by Crippen LogP contribution is -2.02. The summed E-state index contributed by atoms with van der Waals surface area (Å²) in [5.41, 5.74) is 8.57. The summed E-state index contributed by atoms with van der Waals surface area (Å²) >= 11 is 1.60. The van der Waals surface area contributed by atoms with Crippen LogP contribution in [0.15, 0.2) is 23.1 Å². The number of anilines is 1. The number of aryl methyl sites for hydroxylation is 3. The molecule has 3 nitrogen and oxygen atoms in total. The van der Waals surface area contributed by atoms with E-state index in [1.807, 2.05) is 39.0 Å². The van der Waals surface area contributed by atoms with Crippen LogP contribution in [-0.2, 0) is 16.6 Å². The lowest BCUT2D eigenvalue weighted by atomic mass is 10.2. The predicted octanol–water partition coefficient (Wildman–Crippen LogP) is 2.96. The lowest BCUT2D eigenvalue weighted by molar-refractivity contribution is 0.682. The smallest absolute Gasteiger partial charge is 0.106 e. The minimum atomic E-state index is -1.13. The molecular formula is C13H16N2OS2. The Balaban J connectivity index is 2.24. The highest BCUT2D eigenvalue weighted by molar-refractivity contribution is 7.84. The fourth-order valence-corrected chi connectivity index (χ4v) is 4.01. The van der Waals surface area contributed by atoms with Crippen LogP contribution in [0.2, 0.25) is 0 Å². The molecule has 0 aliphatic rings. The molecule has 1 unspecified atom stereocenters. The third-order valence-electron chi connectivity index (χ3n) is 2.86. The van der Waals surface area contributed by atoms with Gasteiger partial charge in [0, 0.05) is 4.88 Å². The first-order chi connectivity index (χ1) is 8.49. The molecule has 5 heteroatoms. The highest BCUT2D eigenvalue weighted by Gasteiger charge is 2.13. The minimum Gasteiger partial charge on any atom is -0.398 e. The van der Waals surface area contributed by atoms with Gasteiger partial charge in [-0.1, -0.05) is 12.1 Å². The summed E-state index contributed by atoms with van der Waals surface area (Å²) in [4.78, 5) is 6.30. The van der Waals surface area contributed by atoms with E-state index in [2.05, 4.69) is 4.98 Å². The van der Waals surface area contributed by atoms with Crippen molar-refractivity contribution >= 4 is 27.8 Å². The van der Waals surface area contributed by atoms with E-state index in [-0.39, 0.29) is 0 Å². The van der Waals surface area contributed by atoms with Crippen molar-refractivity contribution in [2.75, 3.05) is 5.73 Å². The van der Waals surface area contributed by atoms with Crippen LogP contribution in [-0.4, -0.2) is 9.19 Å². The van der Waals surface area contributed by atoms with Crippen molar-refractivity contribution in [3.05, 3.63) is 39.3 Å². The van der Waals surface area contributed by atoms with Gasteiger partial charge in [0.05, 0.1) is 32.8 Å². The number of thiazole rings is 1. The van der Waals surface area contributed by atoms with Gasteiger partial charge in [-0.05, 0) is 32.4 Å². The number of rotatable bonds is 3. The summed E-state index contributed by atoms with van der Waals surface area (Å²) in [6.07, 6.45) is 0. The summed E-state index contributed by atoms with van der Waals surface area (Å²) in [7, 11) is -1.13. The van der Waals surface area contributed by atoms with Gasteiger partial charge < -0.3 is 5.73 Å². The Morgan fingerprint density at radius 2 is 2.06 bits per heavy atom. The second-order valence-corrected chi connectivity index (χ2v) is 6.93. The SMILES string of the molecule is Cc1cccc(S(=O)Cc2nc(C)c(C)s2)c1N. The second kappa shape index (κ2) is 5.20. The van der Waals surface area contributed by atoms with Crippen molar-refractivity contribution < 1.29 is 4.21 Å². The fourth-order valence-electron chi connectivity index (χ4n) is 1.64. The van der Waals surface area contributed by atoms with E-state index in [1.54, 1.807) is 11.3 Å². The van der Waals surface area contributed by atoms with E-state index in [0.29, 0.717) is 16.3 Å². The number of hydrogen-bond acceptors (Lipinski definition) is 4. The molecule has 0 aliphatic carbocycles. The van der Waals surface area contributed by atoms with Crippen molar-refractivity contribution in [2.45, 2.75) is 31.4 Å². The molecule has 18 heavy (non-hydrogen) atoms. The Labute approximate surface area is 114 Å². The Hall–Kier alpha value is -1.20. The van der Waals surface area contributed by atoms with Crippen LogP contribution in [0.5, 0.6) is 0 Å². The molecule has 0 spiro atoms. The van der Waals surface area contributed by atoms with Gasteiger partial charge in [0.15, 0.2) is 0 Å². The van der Waals surface area contributed by atoms with Crippen molar-refractivity contribution in [3.8, 4) is 0 Å². The van der Waals surface area contributed by atoms with E-state index in [4.69, 9.17) is 5.73 Å². The Bertz CT molecular complexity index is 586. The zero-order chi connectivity index (χ0) is 13.3. The molecule has 0 aliphatic heterocycles. The Morgan fingerprint density at radius 3 is 2.67 bits per heavy atom. The van der Waals surface area contributed by atoms with Gasteiger partial charge >= 0.3 is 0 Å². The van der Waals surface area contributed by atoms with Crippen LogP contribution in [0, 0.1) is 20.8 Å². The number of para-hydroxylation sites is 1. The first-order valence-electron chi connectivity index (χ1n) is 5.65. The van der Waals surface area contributed by atoms with Crippen LogP contribution in [0.25, 0.3) is 0 Å². The third-order valence-corrected chi connectivity index (χ3v) is 5.49. The minimum absolute atomic E-state index is 0.438. The predicted molar refractivity (Wildman–Crippen MR) is 77.3 cm³/mol. The highest BCUT2D eigenvalue weighted by atomic mass is 32.2. The first-order valence-corrected chi connectivity index (χ1v) is 7.79. The van der Waals surface area contributed by atoms with Crippen molar-refractivity contribution in [3.63, 3.8) is 0 Å². The van der Waals surface area contributed by atoms with Crippen molar-refractivity contribution in [1.29, 1.82) is 0 Å². The molecule has 0 bridgehead atoms. The summed E-state index contributed by atoms with van der Waals surface area (Å²) < 4.78 is 12.3. The molecule has 0 radical (unpaired) electrons. The molecule has 96 valence electrons. The monoisotopic (exact) mass is 280 g/mol. The number of nitrogen functional groups attached to an aromatic ring is 1. The molecule has 0 saturated heterocycles. The molecule has 2 N–H and O–H groups in total. The summed E-state index contributed by atoms with van der Waals surface area (Å²) in [6.45, 7) is 5.92. The molecule has 2 aromatic rings. The van der Waals surface area contributed by atoms with Gasteiger partial charge in [0.1, 0.15) is 5.01 Å². The molecule has 2 rings (SSSR count). The third kappa shape index (κ3) is 2.62. The van der Waals surface area contributed by atoms with E-state index < -0.39 is 10.8 Å². The van der Waals surface area contributed by atoms with Gasteiger partial charge in [-0.3, -0.25) is 4.21 Å². The van der Waals surface area contributed by atoms with Crippen molar-refractivity contribution in [2.24, 2.45) is 0 Å². The standard InChI is InChI=1S/C13H16N2OS2/c1-8-5-4-6-11(13(8)14)18(16)7-12-15-9(2)10(3)17-12/h4-6H,7,14H2,1-3H3. The summed E-state index contributed by atoms with van der Waals surface area (Å²) in [6, 6.07) is 5.64. The number of hydrogen-bond donors (Lipinski definition) is 1. The number of aromatic nitrogens is 1. The first kappa shape index (κ1) is 13.2. The number of nitrogens with two attached hydrogens (primary N) is 1. The normalized spacial score (nSPS) is 12.6. The summed E-state index contributed by atoms with van der Waals surface area (Å²) in [5, 5.41) is 0.907. The van der Waals surface area contributed by atoms with Crippen LogP contribution in [0.1, 0.15) is 21.1 Å². The second-order valence-electron chi connectivity index (χ2n) is 4.23. The van der Waals surface area contributed by atoms with E-state index >= 15 is 0 Å². The van der Waals surface area contributed by atoms with Crippen LogP contribution >= 0.6 is 11.3 Å². The Morgan fingerprint density at radius 1 is 1.33 bits per heavy atom. The quantitative estimate of drug-likeness (QED) is 0.879. The topological polar surface area (TPSA) is 56.0 Å². The van der Waals surface area contributed by atoms with Crippen molar-refractivity contribution in [1.82, 2.24) is 4.98 Å². The molecule has 0 fully saturated rings. The average Bonchev–Trinajstić information content (AvgIpc) is 2.61. The zero-order valence-corrected chi connectivity index (χ0v) is 12.3. The molecule has 0 amide bonds. The van der Waals surface area contributed by atoms with Gasteiger partial charge in [-0.25, -0.2) is 4.98 Å². The fraction of sp³-hybridized carbons (Fsp3) is 0.308. The van der Waals surface area contributed by atoms with Gasteiger partial charge in [0.2, 0.25) is 0 Å². The average molecular weight is 280 g/mol. The maximum absolute atomic E-state index is 12.3. The number of nitrogens with zero attached hydrogens (tertiary/aromatic N) is 1. The zero-order valence-electron chi connectivity index (χ0n) is 10.7. The van der Waals surface area contributed by atoms with Gasteiger partial charge in [0.25, 0.3) is 0 Å². The van der Waals surface area contributed by atoms with Gasteiger partial charge in [-0.2, -0.15) is 0 Å². The summed E-state index contributed by atoms with van der Waals surface area (Å²) in [5.74, 6) is 0.438. The van der Waals surface area contributed by atoms with E-state index in [0.717, 1.165) is 16.3 Å². The molecule has 1 heterocycles. The highest BCUT2D eigenvalue weighted by Crippen LogP contribution is 2.24. The largest absolute Gasteiger partial charge is 0.398 e. The Kier molecular flexibility index (Phi) is 3.82. The van der Waals surface area contributed by atoms with Crippen LogP contribution < -0.4 is 5.73 Å². The molecule has 1 atom stereocenters. The maximum atomic E-state index is 12.3. The molecule has 1 aromatic heterocycles.